The molecule has 0 saturated carbocycles. The topological polar surface area (TPSA) is 78.9 Å². The fourth-order valence-corrected chi connectivity index (χ4v) is 7.75. The molecule has 0 heterocycles. The van der Waals surface area contributed by atoms with Crippen molar-refractivity contribution in [1.82, 2.24) is 0 Å². The average molecular weight is 960 g/mol. The fourth-order valence-electron chi connectivity index (χ4n) is 7.75. The number of carbonyl (C=O) groups is 3. The maximum Gasteiger partial charge on any atom is 0.306 e. The van der Waals surface area contributed by atoms with Crippen molar-refractivity contribution < 1.29 is 28.6 Å². The van der Waals surface area contributed by atoms with Crippen LogP contribution in [0.2, 0.25) is 0 Å². The van der Waals surface area contributed by atoms with Gasteiger partial charge in [-0.25, -0.2) is 0 Å². The van der Waals surface area contributed by atoms with Crippen molar-refractivity contribution in [3.05, 3.63) is 97.2 Å². The van der Waals surface area contributed by atoms with Crippen molar-refractivity contribution in [1.29, 1.82) is 0 Å². The highest BCUT2D eigenvalue weighted by molar-refractivity contribution is 5.71. The van der Waals surface area contributed by atoms with E-state index in [4.69, 9.17) is 14.2 Å². The minimum Gasteiger partial charge on any atom is -0.462 e. The number of esters is 3. The second kappa shape index (κ2) is 56.9. The highest BCUT2D eigenvalue weighted by Gasteiger charge is 2.19. The summed E-state index contributed by atoms with van der Waals surface area (Å²) in [6.07, 6.45) is 75.4. The van der Waals surface area contributed by atoms with E-state index < -0.39 is 6.10 Å². The minimum atomic E-state index is -0.810. The molecule has 0 N–H and O–H groups in total. The molecule has 0 radical (unpaired) electrons. The Kier molecular flexibility index (Phi) is 53.9. The lowest BCUT2D eigenvalue weighted by Gasteiger charge is -2.18. The molecule has 0 aliphatic rings. The molecule has 0 spiro atoms. The molecule has 0 saturated heterocycles. The van der Waals surface area contributed by atoms with Gasteiger partial charge >= 0.3 is 17.9 Å². The molecule has 0 amide bonds. The van der Waals surface area contributed by atoms with Crippen LogP contribution in [0.1, 0.15) is 265 Å². The van der Waals surface area contributed by atoms with Gasteiger partial charge in [0.15, 0.2) is 6.10 Å². The van der Waals surface area contributed by atoms with Gasteiger partial charge < -0.3 is 14.2 Å². The summed E-state index contributed by atoms with van der Waals surface area (Å²) < 4.78 is 16.8. The third kappa shape index (κ3) is 55.1. The van der Waals surface area contributed by atoms with Crippen LogP contribution in [-0.4, -0.2) is 37.2 Å². The van der Waals surface area contributed by atoms with Crippen molar-refractivity contribution >= 4 is 17.9 Å². The summed E-state index contributed by atoms with van der Waals surface area (Å²) in [5.74, 6) is -0.968. The fraction of sp³-hybridized carbons (Fsp3) is 0.698. The van der Waals surface area contributed by atoms with Crippen LogP contribution in [0.4, 0.5) is 0 Å². The van der Waals surface area contributed by atoms with E-state index in [1.807, 2.05) is 0 Å². The molecule has 69 heavy (non-hydrogen) atoms. The Balaban J connectivity index is 4.50. The van der Waals surface area contributed by atoms with Crippen LogP contribution in [0.15, 0.2) is 97.2 Å². The first kappa shape index (κ1) is 65.3. The SMILES string of the molecule is CC/C=C\C/C=C\C/C=C\C/C=C\C/C=C\CCCCCC(=O)OCC(COC(=O)CCCCCCC/C=C\CCCCCCCCC)OC(=O)CCCCC/C=C\C=C/CCCCCCCCC. The minimum absolute atomic E-state index is 0.104. The Morgan fingerprint density at radius 3 is 1.00 bits per heavy atom. The zero-order valence-electron chi connectivity index (χ0n) is 45.0. The van der Waals surface area contributed by atoms with Gasteiger partial charge in [-0.2, -0.15) is 0 Å². The van der Waals surface area contributed by atoms with Gasteiger partial charge in [0.1, 0.15) is 13.2 Å². The summed E-state index contributed by atoms with van der Waals surface area (Å²) in [7, 11) is 0. The van der Waals surface area contributed by atoms with Crippen LogP contribution in [-0.2, 0) is 28.6 Å². The van der Waals surface area contributed by atoms with E-state index in [-0.39, 0.29) is 37.5 Å². The van der Waals surface area contributed by atoms with E-state index in [9.17, 15) is 14.4 Å². The Morgan fingerprint density at radius 1 is 0.319 bits per heavy atom. The molecule has 1 unspecified atom stereocenters. The van der Waals surface area contributed by atoms with E-state index in [2.05, 4.69) is 118 Å². The van der Waals surface area contributed by atoms with Gasteiger partial charge in [0.2, 0.25) is 0 Å². The van der Waals surface area contributed by atoms with Gasteiger partial charge in [-0.3, -0.25) is 14.4 Å². The molecule has 0 bridgehead atoms. The maximum absolute atomic E-state index is 12.8. The van der Waals surface area contributed by atoms with E-state index in [1.54, 1.807) is 0 Å². The third-order valence-corrected chi connectivity index (χ3v) is 12.1. The first-order valence-electron chi connectivity index (χ1n) is 28.8. The van der Waals surface area contributed by atoms with Gasteiger partial charge in [0.05, 0.1) is 0 Å². The maximum atomic E-state index is 12.8. The Hall–Kier alpha value is -3.67. The van der Waals surface area contributed by atoms with Gasteiger partial charge in [-0.1, -0.05) is 227 Å². The summed E-state index contributed by atoms with van der Waals surface area (Å²) in [4.78, 5) is 38.1. The molecule has 6 heteroatoms. The molecule has 6 nitrogen and oxygen atoms in total. The first-order valence-corrected chi connectivity index (χ1v) is 28.8. The van der Waals surface area contributed by atoms with Gasteiger partial charge in [-0.15, -0.1) is 0 Å². The quantitative estimate of drug-likeness (QED) is 0.0199. The van der Waals surface area contributed by atoms with Crippen LogP contribution in [0.25, 0.3) is 0 Å². The van der Waals surface area contributed by atoms with Crippen molar-refractivity contribution in [3.8, 4) is 0 Å². The van der Waals surface area contributed by atoms with Crippen LogP contribution in [0, 0.1) is 0 Å². The molecular formula is C63H106O6. The van der Waals surface area contributed by atoms with Crippen molar-refractivity contribution in [2.45, 2.75) is 271 Å². The number of hydrogen-bond acceptors (Lipinski definition) is 6. The lowest BCUT2D eigenvalue weighted by molar-refractivity contribution is -0.167. The summed E-state index contributed by atoms with van der Waals surface area (Å²) in [6.45, 7) is 6.47. The molecule has 1 atom stereocenters. The van der Waals surface area contributed by atoms with Crippen LogP contribution in [0.5, 0.6) is 0 Å². The molecule has 0 fully saturated rings. The van der Waals surface area contributed by atoms with E-state index >= 15 is 0 Å². The summed E-state index contributed by atoms with van der Waals surface area (Å²) >= 11 is 0. The summed E-state index contributed by atoms with van der Waals surface area (Å²) in [5, 5.41) is 0. The third-order valence-electron chi connectivity index (χ3n) is 12.1. The Morgan fingerprint density at radius 2 is 0.609 bits per heavy atom. The summed E-state index contributed by atoms with van der Waals surface area (Å²) in [5.41, 5.74) is 0. The highest BCUT2D eigenvalue weighted by atomic mass is 16.6. The normalized spacial score (nSPS) is 12.8. The van der Waals surface area contributed by atoms with Crippen LogP contribution >= 0.6 is 0 Å². The van der Waals surface area contributed by atoms with Crippen molar-refractivity contribution in [2.24, 2.45) is 0 Å². The number of hydrogen-bond donors (Lipinski definition) is 0. The zero-order valence-corrected chi connectivity index (χ0v) is 45.0. The predicted octanol–water partition coefficient (Wildman–Crippen LogP) is 19.3. The molecule has 394 valence electrons. The number of ether oxygens (including phenoxy) is 3. The average Bonchev–Trinajstić information content (AvgIpc) is 3.35. The molecule has 0 rings (SSSR count). The van der Waals surface area contributed by atoms with E-state index in [0.29, 0.717) is 12.8 Å². The predicted molar refractivity (Wildman–Crippen MR) is 297 cm³/mol. The standard InChI is InChI=1S/C63H106O6/c1-4-7-10-13-16-19-22-25-28-31-32-33-36-38-41-44-47-50-53-56-62(65)68-59-60(69-63(66)57-54-51-48-45-42-39-35-30-27-24-21-18-15-12-9-6-3)58-67-61(64)55-52-49-46-43-40-37-34-29-26-23-20-17-14-11-8-5-2/h7,10,16,19,25,28-30,32-35,38-39,41-42,60H,4-6,8-9,11-15,17-18,20-24,26-27,31,36-37,40,43-59H2,1-3H3/b10-7-,19-16-,28-25-,33-32-,34-29-,35-30-,41-38-,42-39-. The van der Waals surface area contributed by atoms with Gasteiger partial charge in [-0.05, 0) is 116 Å². The van der Waals surface area contributed by atoms with Crippen molar-refractivity contribution in [3.63, 3.8) is 0 Å². The second-order valence-corrected chi connectivity index (χ2v) is 18.8. The molecule has 0 aliphatic heterocycles. The Bertz CT molecular complexity index is 1380. The zero-order chi connectivity index (χ0) is 50.0. The number of unbranched alkanes of at least 4 members (excludes halogenated alkanes) is 25. The van der Waals surface area contributed by atoms with Crippen LogP contribution in [0.3, 0.4) is 0 Å². The smallest absolute Gasteiger partial charge is 0.306 e. The first-order chi connectivity index (χ1) is 34.0. The van der Waals surface area contributed by atoms with E-state index in [0.717, 1.165) is 122 Å². The second-order valence-electron chi connectivity index (χ2n) is 18.8. The monoisotopic (exact) mass is 959 g/mol. The number of rotatable bonds is 51. The molecule has 0 aliphatic carbocycles. The molecule has 0 aromatic heterocycles. The lowest BCUT2D eigenvalue weighted by atomic mass is 10.1. The molecule has 0 aromatic rings. The number of allylic oxidation sites excluding steroid dienone is 16. The van der Waals surface area contributed by atoms with Crippen LogP contribution < -0.4 is 0 Å². The molecule has 0 aromatic carbocycles. The largest absolute Gasteiger partial charge is 0.462 e. The molecular weight excluding hydrogens is 853 g/mol. The Labute approximate surface area is 426 Å². The van der Waals surface area contributed by atoms with E-state index in [1.165, 1.54) is 103 Å². The van der Waals surface area contributed by atoms with Gasteiger partial charge in [0.25, 0.3) is 0 Å². The highest BCUT2D eigenvalue weighted by Crippen LogP contribution is 2.14. The van der Waals surface area contributed by atoms with Gasteiger partial charge in [0, 0.05) is 19.3 Å². The summed E-state index contributed by atoms with van der Waals surface area (Å²) in [6, 6.07) is 0. The lowest BCUT2D eigenvalue weighted by Crippen LogP contribution is -2.30. The van der Waals surface area contributed by atoms with Crippen molar-refractivity contribution in [2.75, 3.05) is 13.2 Å². The number of carbonyl (C=O) groups excluding carboxylic acids is 3.